The van der Waals surface area contributed by atoms with E-state index in [0.717, 1.165) is 58.5 Å². The van der Waals surface area contributed by atoms with E-state index < -0.39 is 0 Å². The number of carbonyl (C=O) groups is 1. The molecule has 1 saturated heterocycles. The minimum Gasteiger partial charge on any atom is -0.356 e. The Hall–Kier alpha value is -0.610. The molecule has 106 valence electrons. The van der Waals surface area contributed by atoms with Gasteiger partial charge in [0.2, 0.25) is 5.91 Å². The largest absolute Gasteiger partial charge is 0.356 e. The summed E-state index contributed by atoms with van der Waals surface area (Å²) in [4.78, 5) is 14.3. The van der Waals surface area contributed by atoms with E-state index in [1.807, 2.05) is 0 Å². The smallest absolute Gasteiger partial charge is 0.223 e. The molecule has 0 atom stereocenters. The highest BCUT2D eigenvalue weighted by molar-refractivity contribution is 5.78. The SMILES string of the molecule is CCN(CC)CCCCNC(=O)C1CCNCC1. The minimum absolute atomic E-state index is 0.244. The molecule has 0 spiro atoms. The summed E-state index contributed by atoms with van der Waals surface area (Å²) in [5.74, 6) is 0.508. The standard InChI is InChI=1S/C14H29N3O/c1-3-17(4-2)12-6-5-9-16-14(18)13-7-10-15-11-8-13/h13,15H,3-12H2,1-2H3,(H,16,18). The Morgan fingerprint density at radius 1 is 1.22 bits per heavy atom. The number of hydrogen-bond donors (Lipinski definition) is 2. The van der Waals surface area contributed by atoms with E-state index in [-0.39, 0.29) is 11.8 Å². The van der Waals surface area contributed by atoms with Gasteiger partial charge in [0.25, 0.3) is 0 Å². The molecule has 4 nitrogen and oxygen atoms in total. The Morgan fingerprint density at radius 3 is 2.50 bits per heavy atom. The highest BCUT2D eigenvalue weighted by Crippen LogP contribution is 2.11. The highest BCUT2D eigenvalue weighted by Gasteiger charge is 2.19. The monoisotopic (exact) mass is 255 g/mol. The molecule has 0 radical (unpaired) electrons. The van der Waals surface area contributed by atoms with Crippen molar-refractivity contribution in [3.05, 3.63) is 0 Å². The van der Waals surface area contributed by atoms with Crippen molar-refractivity contribution in [2.75, 3.05) is 39.3 Å². The molecule has 2 N–H and O–H groups in total. The molecule has 0 unspecified atom stereocenters. The molecule has 4 heteroatoms. The molecular formula is C14H29N3O. The van der Waals surface area contributed by atoms with E-state index in [1.165, 1.54) is 6.42 Å². The number of hydrogen-bond acceptors (Lipinski definition) is 3. The van der Waals surface area contributed by atoms with Crippen molar-refractivity contribution in [1.29, 1.82) is 0 Å². The van der Waals surface area contributed by atoms with Crippen LogP contribution in [0.2, 0.25) is 0 Å². The molecule has 1 aliphatic heterocycles. The van der Waals surface area contributed by atoms with Gasteiger partial charge >= 0.3 is 0 Å². The van der Waals surface area contributed by atoms with Crippen LogP contribution in [0.1, 0.15) is 39.5 Å². The average molecular weight is 255 g/mol. The van der Waals surface area contributed by atoms with E-state index in [2.05, 4.69) is 29.4 Å². The highest BCUT2D eigenvalue weighted by atomic mass is 16.1. The summed E-state index contributed by atoms with van der Waals surface area (Å²) < 4.78 is 0. The maximum absolute atomic E-state index is 11.9. The minimum atomic E-state index is 0.244. The van der Waals surface area contributed by atoms with Crippen LogP contribution in [0.3, 0.4) is 0 Å². The van der Waals surface area contributed by atoms with Crippen LogP contribution in [0.4, 0.5) is 0 Å². The van der Waals surface area contributed by atoms with Crippen LogP contribution in [-0.4, -0.2) is 50.1 Å². The Balaban J connectivity index is 2.01. The third-order valence-corrected chi connectivity index (χ3v) is 3.80. The van der Waals surface area contributed by atoms with Gasteiger partial charge in [-0.3, -0.25) is 4.79 Å². The molecule has 0 aromatic carbocycles. The lowest BCUT2D eigenvalue weighted by molar-refractivity contribution is -0.125. The van der Waals surface area contributed by atoms with E-state index >= 15 is 0 Å². The fraction of sp³-hybridized carbons (Fsp3) is 0.929. The van der Waals surface area contributed by atoms with Gasteiger partial charge in [0.15, 0.2) is 0 Å². The summed E-state index contributed by atoms with van der Waals surface area (Å²) >= 11 is 0. The number of carbonyl (C=O) groups excluding carboxylic acids is 1. The summed E-state index contributed by atoms with van der Waals surface area (Å²) in [7, 11) is 0. The van der Waals surface area contributed by atoms with Crippen LogP contribution in [-0.2, 0) is 4.79 Å². The van der Waals surface area contributed by atoms with Crippen molar-refractivity contribution in [3.63, 3.8) is 0 Å². The molecule has 1 amide bonds. The first-order valence-electron chi connectivity index (χ1n) is 7.48. The lowest BCUT2D eigenvalue weighted by Crippen LogP contribution is -2.38. The number of nitrogens with zero attached hydrogens (tertiary/aromatic N) is 1. The van der Waals surface area contributed by atoms with E-state index in [4.69, 9.17) is 0 Å². The fourth-order valence-electron chi connectivity index (χ4n) is 2.44. The summed E-state index contributed by atoms with van der Waals surface area (Å²) in [6.07, 6.45) is 4.25. The lowest BCUT2D eigenvalue weighted by Gasteiger charge is -2.22. The van der Waals surface area contributed by atoms with Gasteiger partial charge in [-0.1, -0.05) is 13.8 Å². The van der Waals surface area contributed by atoms with Crippen LogP contribution in [0.15, 0.2) is 0 Å². The second-order valence-corrected chi connectivity index (χ2v) is 5.05. The quantitative estimate of drug-likeness (QED) is 0.641. The number of piperidine rings is 1. The maximum atomic E-state index is 11.9. The van der Waals surface area contributed by atoms with Crippen molar-refractivity contribution in [1.82, 2.24) is 15.5 Å². The summed E-state index contributed by atoms with van der Waals surface area (Å²) in [6.45, 7) is 10.6. The lowest BCUT2D eigenvalue weighted by atomic mass is 9.97. The normalized spacial score (nSPS) is 17.1. The Morgan fingerprint density at radius 2 is 1.89 bits per heavy atom. The van der Waals surface area contributed by atoms with Crippen molar-refractivity contribution in [2.45, 2.75) is 39.5 Å². The number of nitrogens with one attached hydrogen (secondary N) is 2. The Labute approximate surface area is 111 Å². The molecular weight excluding hydrogens is 226 g/mol. The molecule has 0 bridgehead atoms. The Bertz CT molecular complexity index is 223. The molecule has 1 heterocycles. The number of rotatable bonds is 8. The van der Waals surface area contributed by atoms with E-state index in [9.17, 15) is 4.79 Å². The molecule has 0 aromatic rings. The van der Waals surface area contributed by atoms with Gasteiger partial charge in [0.1, 0.15) is 0 Å². The van der Waals surface area contributed by atoms with Gasteiger partial charge in [-0.25, -0.2) is 0 Å². The Kier molecular flexibility index (Phi) is 8.01. The molecule has 0 saturated carbocycles. The van der Waals surface area contributed by atoms with Crippen molar-refractivity contribution in [2.24, 2.45) is 5.92 Å². The molecule has 0 aliphatic carbocycles. The molecule has 1 aliphatic rings. The molecule has 1 rings (SSSR count). The van der Waals surface area contributed by atoms with Crippen molar-refractivity contribution < 1.29 is 4.79 Å². The third-order valence-electron chi connectivity index (χ3n) is 3.80. The third kappa shape index (κ3) is 5.83. The van der Waals surface area contributed by atoms with Gasteiger partial charge in [-0.15, -0.1) is 0 Å². The van der Waals surface area contributed by atoms with Crippen LogP contribution in [0.25, 0.3) is 0 Å². The summed E-state index contributed by atoms with van der Waals surface area (Å²) in [6, 6.07) is 0. The molecule has 0 aromatic heterocycles. The van der Waals surface area contributed by atoms with Crippen LogP contribution in [0, 0.1) is 5.92 Å². The predicted octanol–water partition coefficient (Wildman–Crippen LogP) is 1.22. The summed E-state index contributed by atoms with van der Waals surface area (Å²) in [5.41, 5.74) is 0. The van der Waals surface area contributed by atoms with Crippen molar-refractivity contribution in [3.8, 4) is 0 Å². The average Bonchev–Trinajstić information content (AvgIpc) is 2.43. The first-order chi connectivity index (χ1) is 8.77. The zero-order valence-electron chi connectivity index (χ0n) is 12.0. The first-order valence-corrected chi connectivity index (χ1v) is 7.48. The van der Waals surface area contributed by atoms with Gasteiger partial charge in [-0.2, -0.15) is 0 Å². The van der Waals surface area contributed by atoms with Gasteiger partial charge in [0.05, 0.1) is 0 Å². The van der Waals surface area contributed by atoms with Crippen LogP contribution < -0.4 is 10.6 Å². The van der Waals surface area contributed by atoms with Gasteiger partial charge in [-0.05, 0) is 58.4 Å². The van der Waals surface area contributed by atoms with Gasteiger partial charge < -0.3 is 15.5 Å². The molecule has 18 heavy (non-hydrogen) atoms. The number of unbranched alkanes of at least 4 members (excludes halogenated alkanes) is 1. The fourth-order valence-corrected chi connectivity index (χ4v) is 2.44. The summed E-state index contributed by atoms with van der Waals surface area (Å²) in [5, 5.41) is 6.36. The molecule has 1 fully saturated rings. The first kappa shape index (κ1) is 15.4. The topological polar surface area (TPSA) is 44.4 Å². The van der Waals surface area contributed by atoms with Gasteiger partial charge in [0, 0.05) is 12.5 Å². The van der Waals surface area contributed by atoms with E-state index in [1.54, 1.807) is 0 Å². The van der Waals surface area contributed by atoms with Crippen LogP contribution >= 0.6 is 0 Å². The zero-order valence-corrected chi connectivity index (χ0v) is 12.0. The second kappa shape index (κ2) is 9.34. The zero-order chi connectivity index (χ0) is 13.2. The van der Waals surface area contributed by atoms with Crippen molar-refractivity contribution >= 4 is 5.91 Å². The number of amides is 1. The van der Waals surface area contributed by atoms with E-state index in [0.29, 0.717) is 0 Å². The predicted molar refractivity (Wildman–Crippen MR) is 75.6 cm³/mol. The maximum Gasteiger partial charge on any atom is 0.223 e. The second-order valence-electron chi connectivity index (χ2n) is 5.05. The van der Waals surface area contributed by atoms with Crippen LogP contribution in [0.5, 0.6) is 0 Å².